The molecule has 0 heterocycles. The van der Waals surface area contributed by atoms with E-state index in [1.807, 2.05) is 13.8 Å². The smallest absolute Gasteiger partial charge is 0.413 e. The number of esters is 1. The number of nitrogens with one attached hydrogen (secondary N) is 2. The first kappa shape index (κ1) is 24.4. The van der Waals surface area contributed by atoms with E-state index in [-0.39, 0.29) is 31.0 Å². The molecular weight excluding hydrogens is 380 g/mol. The fraction of sp³-hybridized carbons (Fsp3) is 0.684. The van der Waals surface area contributed by atoms with Gasteiger partial charge in [0.25, 0.3) is 0 Å². The second-order valence-corrected chi connectivity index (χ2v) is 6.58. The predicted octanol–water partition coefficient (Wildman–Crippen LogP) is 0.997. The second-order valence-electron chi connectivity index (χ2n) is 6.58. The fourth-order valence-electron chi connectivity index (χ4n) is 3.05. The molecule has 2 amide bonds. The van der Waals surface area contributed by atoms with E-state index < -0.39 is 30.3 Å². The minimum atomic E-state index is -0.774. The highest BCUT2D eigenvalue weighted by Gasteiger charge is 2.38. The molecule has 0 aromatic heterocycles. The molecule has 0 fully saturated rings. The molecule has 3 atom stereocenters. The lowest BCUT2D eigenvalue weighted by Gasteiger charge is -2.36. The third-order valence-electron chi connectivity index (χ3n) is 4.45. The van der Waals surface area contributed by atoms with Gasteiger partial charge in [0, 0.05) is 18.9 Å². The average molecular weight is 412 g/mol. The zero-order valence-electron chi connectivity index (χ0n) is 17.7. The Morgan fingerprint density at radius 2 is 1.93 bits per heavy atom. The lowest BCUT2D eigenvalue weighted by molar-refractivity contribution is -0.139. The maximum absolute atomic E-state index is 12.3. The van der Waals surface area contributed by atoms with Gasteiger partial charge in [0.15, 0.2) is 5.96 Å². The molecule has 1 aliphatic carbocycles. The highest BCUT2D eigenvalue weighted by molar-refractivity contribution is 5.93. The minimum absolute atomic E-state index is 0.0655. The predicted molar refractivity (Wildman–Crippen MR) is 107 cm³/mol. The van der Waals surface area contributed by atoms with E-state index >= 15 is 0 Å². The Kier molecular flexibility index (Phi) is 10.1. The van der Waals surface area contributed by atoms with Crippen molar-refractivity contribution in [2.24, 2.45) is 10.7 Å². The molecule has 0 aromatic carbocycles. The number of aliphatic imine (C=N–C) groups is 1. The van der Waals surface area contributed by atoms with Crippen LogP contribution in [0, 0.1) is 0 Å². The molecule has 0 unspecified atom stereocenters. The number of carbonyl (C=O) groups is 3. The van der Waals surface area contributed by atoms with Gasteiger partial charge in [0.1, 0.15) is 0 Å². The molecule has 10 heteroatoms. The molecule has 1 rings (SSSR count). The van der Waals surface area contributed by atoms with Crippen LogP contribution in [0.4, 0.5) is 4.79 Å². The molecule has 0 bridgehead atoms. The number of rotatable bonds is 8. The first-order valence-electron chi connectivity index (χ1n) is 9.74. The number of amides is 2. The lowest BCUT2D eigenvalue weighted by atomic mass is 9.88. The Bertz CT molecular complexity index is 645. The molecule has 29 heavy (non-hydrogen) atoms. The third kappa shape index (κ3) is 7.72. The number of alkyl carbamates (subject to hydrolysis) is 1. The van der Waals surface area contributed by atoms with Gasteiger partial charge in [0.05, 0.1) is 38.0 Å². The number of ether oxygens (including phenoxy) is 3. The molecule has 164 valence electrons. The van der Waals surface area contributed by atoms with E-state index in [0.29, 0.717) is 5.57 Å². The Balaban J connectivity index is 3.28. The Morgan fingerprint density at radius 3 is 2.45 bits per heavy atom. The first-order chi connectivity index (χ1) is 13.7. The van der Waals surface area contributed by atoms with E-state index in [2.05, 4.69) is 20.4 Å². The summed E-state index contributed by atoms with van der Waals surface area (Å²) in [6.45, 7) is 7.31. The van der Waals surface area contributed by atoms with Gasteiger partial charge in [-0.3, -0.25) is 10.1 Å². The van der Waals surface area contributed by atoms with E-state index in [1.54, 1.807) is 13.0 Å². The molecule has 0 saturated heterocycles. The van der Waals surface area contributed by atoms with Crippen LogP contribution in [0.2, 0.25) is 0 Å². The van der Waals surface area contributed by atoms with Gasteiger partial charge in [-0.05, 0) is 25.8 Å². The van der Waals surface area contributed by atoms with Crippen LogP contribution >= 0.6 is 0 Å². The summed E-state index contributed by atoms with van der Waals surface area (Å²) in [6, 6.07) is -1.23. The molecule has 0 spiro atoms. The van der Waals surface area contributed by atoms with E-state index in [1.165, 1.54) is 14.0 Å². The zero-order chi connectivity index (χ0) is 22.0. The van der Waals surface area contributed by atoms with Crippen LogP contribution in [0.25, 0.3) is 0 Å². The van der Waals surface area contributed by atoms with E-state index in [0.717, 1.165) is 12.8 Å². The summed E-state index contributed by atoms with van der Waals surface area (Å²) in [7, 11) is 1.20. The third-order valence-corrected chi connectivity index (χ3v) is 4.45. The van der Waals surface area contributed by atoms with Crippen molar-refractivity contribution in [1.29, 1.82) is 0 Å². The molecule has 0 aliphatic heterocycles. The van der Waals surface area contributed by atoms with Crippen LogP contribution < -0.4 is 16.4 Å². The van der Waals surface area contributed by atoms with Gasteiger partial charge in [-0.1, -0.05) is 13.8 Å². The number of nitrogens with zero attached hydrogens (tertiary/aromatic N) is 1. The van der Waals surface area contributed by atoms with Crippen molar-refractivity contribution in [3.8, 4) is 0 Å². The summed E-state index contributed by atoms with van der Waals surface area (Å²) < 4.78 is 15.8. The van der Waals surface area contributed by atoms with Crippen LogP contribution in [0.1, 0.15) is 47.0 Å². The molecule has 0 saturated carbocycles. The van der Waals surface area contributed by atoms with Crippen molar-refractivity contribution in [3.05, 3.63) is 11.6 Å². The molecule has 4 N–H and O–H groups in total. The zero-order valence-corrected chi connectivity index (χ0v) is 17.7. The quantitative estimate of drug-likeness (QED) is 0.307. The monoisotopic (exact) mass is 412 g/mol. The fourth-order valence-corrected chi connectivity index (χ4v) is 3.05. The van der Waals surface area contributed by atoms with Gasteiger partial charge in [-0.25, -0.2) is 14.6 Å². The number of methoxy groups -OCH3 is 1. The summed E-state index contributed by atoms with van der Waals surface area (Å²) in [5.41, 5.74) is 6.18. The molecule has 10 nitrogen and oxygen atoms in total. The number of carbonyl (C=O) groups excluding carboxylic acids is 3. The summed E-state index contributed by atoms with van der Waals surface area (Å²) in [5, 5.41) is 5.11. The number of hydrogen-bond donors (Lipinski definition) is 3. The van der Waals surface area contributed by atoms with Gasteiger partial charge in [-0.15, -0.1) is 0 Å². The standard InChI is InChI=1S/C19H32N4O6/c1-6-13(7-2)29-15-10-12(17(25)28-8-3)9-14(16(15)21-11(4)24)22-18(20)23-19(26)27-5/h10,13-16H,6-9H2,1-5H3,(H,21,24)(H3,20,22,23,26)/t14-,15+,16+/m0/s1. The summed E-state index contributed by atoms with van der Waals surface area (Å²) in [5.74, 6) is -0.948. The number of hydrogen-bond acceptors (Lipinski definition) is 7. The minimum Gasteiger partial charge on any atom is -0.463 e. The van der Waals surface area contributed by atoms with E-state index in [4.69, 9.17) is 15.2 Å². The first-order valence-corrected chi connectivity index (χ1v) is 9.74. The Hall–Kier alpha value is -2.62. The van der Waals surface area contributed by atoms with Crippen molar-refractivity contribution in [3.63, 3.8) is 0 Å². The molecule has 0 aromatic rings. The van der Waals surface area contributed by atoms with Crippen LogP contribution in [0.5, 0.6) is 0 Å². The van der Waals surface area contributed by atoms with Crippen molar-refractivity contribution in [2.75, 3.05) is 13.7 Å². The average Bonchev–Trinajstić information content (AvgIpc) is 2.67. The lowest BCUT2D eigenvalue weighted by Crippen LogP contribution is -2.54. The molecular formula is C19H32N4O6. The van der Waals surface area contributed by atoms with Crippen molar-refractivity contribution in [1.82, 2.24) is 10.6 Å². The summed E-state index contributed by atoms with van der Waals surface area (Å²) >= 11 is 0. The second kappa shape index (κ2) is 12.1. The SMILES string of the molecule is CCOC(=O)C1=C[C@@H](OC(CC)CC)[C@H](NC(C)=O)[C@@H](N=C(N)NC(=O)OC)C1. The number of guanidine groups is 1. The van der Waals surface area contributed by atoms with Crippen molar-refractivity contribution >= 4 is 23.9 Å². The van der Waals surface area contributed by atoms with E-state index in [9.17, 15) is 14.4 Å². The largest absolute Gasteiger partial charge is 0.463 e. The topological polar surface area (TPSA) is 141 Å². The van der Waals surface area contributed by atoms with Gasteiger partial charge >= 0.3 is 12.1 Å². The van der Waals surface area contributed by atoms with Crippen LogP contribution in [0.15, 0.2) is 16.6 Å². The summed E-state index contributed by atoms with van der Waals surface area (Å²) in [6.07, 6.45) is 1.91. The van der Waals surface area contributed by atoms with Crippen molar-refractivity contribution < 1.29 is 28.6 Å². The highest BCUT2D eigenvalue weighted by Crippen LogP contribution is 2.27. The maximum atomic E-state index is 12.3. The maximum Gasteiger partial charge on any atom is 0.413 e. The molecule has 0 radical (unpaired) electrons. The number of nitrogens with two attached hydrogens (primary N) is 1. The van der Waals surface area contributed by atoms with Crippen molar-refractivity contribution in [2.45, 2.75) is 71.2 Å². The van der Waals surface area contributed by atoms with Crippen LogP contribution in [0.3, 0.4) is 0 Å². The Labute approximate surface area is 171 Å². The van der Waals surface area contributed by atoms with Crippen LogP contribution in [-0.4, -0.2) is 61.9 Å². The Morgan fingerprint density at radius 1 is 1.28 bits per heavy atom. The normalized spacial score (nSPS) is 21.9. The summed E-state index contributed by atoms with van der Waals surface area (Å²) in [4.78, 5) is 39.9. The van der Waals surface area contributed by atoms with Crippen LogP contribution in [-0.2, 0) is 23.8 Å². The van der Waals surface area contributed by atoms with Gasteiger partial charge in [0.2, 0.25) is 5.91 Å². The van der Waals surface area contributed by atoms with Gasteiger partial charge < -0.3 is 25.3 Å². The van der Waals surface area contributed by atoms with Gasteiger partial charge in [-0.2, -0.15) is 0 Å². The highest BCUT2D eigenvalue weighted by atomic mass is 16.5. The molecule has 1 aliphatic rings.